The summed E-state index contributed by atoms with van der Waals surface area (Å²) in [5.74, 6) is 4.13. The Hall–Kier alpha value is -6.85. The van der Waals surface area contributed by atoms with Crippen LogP contribution in [0.4, 0.5) is 0 Å². The van der Waals surface area contributed by atoms with Crippen LogP contribution in [0.2, 0.25) is 0 Å². The van der Waals surface area contributed by atoms with Gasteiger partial charge in [0.05, 0.1) is 5.52 Å². The average Bonchev–Trinajstić information content (AvgIpc) is 3.82. The van der Waals surface area contributed by atoms with Crippen LogP contribution in [0.3, 0.4) is 0 Å². The number of rotatable bonds is 6. The van der Waals surface area contributed by atoms with Crippen LogP contribution in [-0.4, -0.2) is 19.5 Å². The maximum absolute atomic E-state index is 6.39. The molecule has 5 heteroatoms. The molecule has 3 heterocycles. The number of ether oxygens (including phenoxy) is 1. The lowest BCUT2D eigenvalue weighted by atomic mass is 9.80. The molecule has 0 saturated heterocycles. The lowest BCUT2D eigenvalue weighted by molar-refractivity contribution is 0.426. The molecule has 0 radical (unpaired) electrons. The predicted molar refractivity (Wildman–Crippen MR) is 226 cm³/mol. The summed E-state index contributed by atoms with van der Waals surface area (Å²) in [6.07, 6.45) is 15.0. The molecule has 3 aliphatic carbocycles. The minimum Gasteiger partial charge on any atom is -0.461 e. The first kappa shape index (κ1) is 32.6. The molecule has 7 aromatic rings. The standard InChI is InChI=1S/C51H38N4O/c1-4-16-33(17-5-1)42-30-37(31-43(34-18-6-2-7-19-34)48(42)55-44-25-13-10-22-38(44)39-23-11-14-26-45(39)55)51-53-49(35-20-8-3-9-21-35)52-50(54-51)36-28-29-41-40-24-12-15-27-46(40)56-47(41)32-36/h1-13,15-25,27-28,30,32,41,43H,14,26,29,31H2. The third-order valence-electron chi connectivity index (χ3n) is 11.7. The zero-order valence-electron chi connectivity index (χ0n) is 30.8. The number of hydrogen-bond acceptors (Lipinski definition) is 4. The van der Waals surface area contributed by atoms with Crippen LogP contribution in [0.1, 0.15) is 70.7 Å². The highest BCUT2D eigenvalue weighted by Gasteiger charge is 2.34. The first-order valence-corrected chi connectivity index (χ1v) is 19.6. The van der Waals surface area contributed by atoms with Crippen molar-refractivity contribution in [3.63, 3.8) is 0 Å². The summed E-state index contributed by atoms with van der Waals surface area (Å²) in [7, 11) is 0. The molecule has 0 amide bonds. The molecule has 0 fully saturated rings. The van der Waals surface area contributed by atoms with Crippen molar-refractivity contribution in [2.24, 2.45) is 0 Å². The van der Waals surface area contributed by atoms with Gasteiger partial charge in [-0.05, 0) is 66.7 Å². The molecule has 11 rings (SSSR count). The first-order valence-electron chi connectivity index (χ1n) is 19.6. The van der Waals surface area contributed by atoms with Gasteiger partial charge in [0, 0.05) is 56.4 Å². The molecule has 56 heavy (non-hydrogen) atoms. The van der Waals surface area contributed by atoms with Crippen LogP contribution in [0.5, 0.6) is 5.75 Å². The minimum atomic E-state index is 0.0276. The van der Waals surface area contributed by atoms with Crippen molar-refractivity contribution in [1.82, 2.24) is 19.5 Å². The van der Waals surface area contributed by atoms with Crippen LogP contribution < -0.4 is 4.74 Å². The number of hydrogen-bond donors (Lipinski definition) is 0. The number of benzene rings is 5. The Kier molecular flexibility index (Phi) is 7.83. The molecular formula is C51H38N4O. The molecule has 0 saturated carbocycles. The van der Waals surface area contributed by atoms with Crippen molar-refractivity contribution >= 4 is 39.4 Å². The van der Waals surface area contributed by atoms with Crippen molar-refractivity contribution in [2.75, 3.05) is 0 Å². The lowest BCUT2D eigenvalue weighted by Gasteiger charge is -2.32. The molecule has 0 bridgehead atoms. The van der Waals surface area contributed by atoms with Crippen molar-refractivity contribution in [2.45, 2.75) is 37.5 Å². The summed E-state index contributed by atoms with van der Waals surface area (Å²) >= 11 is 0. The minimum absolute atomic E-state index is 0.0276. The molecule has 2 unspecified atom stereocenters. The molecule has 5 nitrogen and oxygen atoms in total. The van der Waals surface area contributed by atoms with Gasteiger partial charge < -0.3 is 9.30 Å². The number of aromatic nitrogens is 4. The first-order chi connectivity index (χ1) is 27.8. The van der Waals surface area contributed by atoms with Crippen molar-refractivity contribution < 1.29 is 4.74 Å². The van der Waals surface area contributed by atoms with Crippen molar-refractivity contribution in [3.8, 4) is 17.1 Å². The van der Waals surface area contributed by atoms with Gasteiger partial charge in [0.25, 0.3) is 0 Å². The van der Waals surface area contributed by atoms with E-state index in [-0.39, 0.29) is 11.8 Å². The fraction of sp³-hybridized carbons (Fsp3) is 0.118. The van der Waals surface area contributed by atoms with Gasteiger partial charge in [-0.15, -0.1) is 0 Å². The van der Waals surface area contributed by atoms with E-state index in [2.05, 4.69) is 150 Å². The summed E-state index contributed by atoms with van der Waals surface area (Å²) in [4.78, 5) is 15.8. The van der Waals surface area contributed by atoms with E-state index in [1.807, 2.05) is 24.3 Å². The zero-order valence-corrected chi connectivity index (χ0v) is 30.8. The normalized spacial score (nSPS) is 18.4. The molecule has 2 atom stereocenters. The van der Waals surface area contributed by atoms with Crippen LogP contribution in [-0.2, 0) is 6.42 Å². The molecule has 2 aromatic heterocycles. The third kappa shape index (κ3) is 5.50. The van der Waals surface area contributed by atoms with E-state index in [0.717, 1.165) is 53.9 Å². The Morgan fingerprint density at radius 1 is 0.625 bits per heavy atom. The maximum atomic E-state index is 6.39. The topological polar surface area (TPSA) is 52.8 Å². The third-order valence-corrected chi connectivity index (χ3v) is 11.7. The fourth-order valence-corrected chi connectivity index (χ4v) is 9.06. The number of nitrogens with zero attached hydrogens (tertiary/aromatic N) is 4. The van der Waals surface area contributed by atoms with E-state index >= 15 is 0 Å². The molecule has 0 N–H and O–H groups in total. The zero-order chi connectivity index (χ0) is 37.0. The van der Waals surface area contributed by atoms with Gasteiger partial charge in [0.15, 0.2) is 17.5 Å². The van der Waals surface area contributed by atoms with E-state index in [9.17, 15) is 0 Å². The summed E-state index contributed by atoms with van der Waals surface area (Å²) in [5, 5.41) is 1.29. The van der Waals surface area contributed by atoms with Crippen LogP contribution >= 0.6 is 0 Å². The van der Waals surface area contributed by atoms with E-state index in [1.165, 1.54) is 50.1 Å². The van der Waals surface area contributed by atoms with E-state index in [0.29, 0.717) is 17.5 Å². The van der Waals surface area contributed by atoms with E-state index in [4.69, 9.17) is 19.7 Å². The number of allylic oxidation sites excluding steroid dienone is 9. The Balaban J connectivity index is 1.14. The Morgan fingerprint density at radius 3 is 2.16 bits per heavy atom. The van der Waals surface area contributed by atoms with E-state index < -0.39 is 0 Å². The second kappa shape index (κ2) is 13.5. The number of fused-ring (bicyclic) bond motifs is 6. The highest BCUT2D eigenvalue weighted by atomic mass is 16.5. The fourth-order valence-electron chi connectivity index (χ4n) is 9.06. The van der Waals surface area contributed by atoms with Crippen LogP contribution in [0.15, 0.2) is 170 Å². The predicted octanol–water partition coefficient (Wildman–Crippen LogP) is 11.9. The lowest BCUT2D eigenvalue weighted by Crippen LogP contribution is -2.18. The SMILES string of the molecule is C1=Cc2c(n(C3=C(c4ccccc4)C=C(c4nc(C5=CCC6C(=C5)Oc5ccccc56)nc(-c5ccccc5)n4)CC3c3ccccc3)c3ccccc23)CC1. The van der Waals surface area contributed by atoms with Crippen molar-refractivity contribution in [3.05, 3.63) is 209 Å². The molecular weight excluding hydrogens is 685 g/mol. The molecule has 268 valence electrons. The Morgan fingerprint density at radius 2 is 1.32 bits per heavy atom. The summed E-state index contributed by atoms with van der Waals surface area (Å²) < 4.78 is 8.98. The van der Waals surface area contributed by atoms with Crippen molar-refractivity contribution in [1.29, 1.82) is 0 Å². The highest BCUT2D eigenvalue weighted by Crippen LogP contribution is 2.50. The van der Waals surface area contributed by atoms with Gasteiger partial charge in [-0.25, -0.2) is 15.0 Å². The summed E-state index contributed by atoms with van der Waals surface area (Å²) in [6.45, 7) is 0. The molecule has 1 aliphatic heterocycles. The maximum Gasteiger partial charge on any atom is 0.164 e. The van der Waals surface area contributed by atoms with Gasteiger partial charge in [-0.1, -0.05) is 146 Å². The molecule has 0 spiro atoms. The van der Waals surface area contributed by atoms with Crippen LogP contribution in [0, 0.1) is 0 Å². The quantitative estimate of drug-likeness (QED) is 0.171. The largest absolute Gasteiger partial charge is 0.461 e. The second-order valence-corrected chi connectivity index (χ2v) is 15.0. The smallest absolute Gasteiger partial charge is 0.164 e. The van der Waals surface area contributed by atoms with E-state index in [1.54, 1.807) is 0 Å². The number of para-hydroxylation sites is 2. The molecule has 5 aromatic carbocycles. The van der Waals surface area contributed by atoms with Gasteiger partial charge in [-0.3, -0.25) is 0 Å². The monoisotopic (exact) mass is 722 g/mol. The highest BCUT2D eigenvalue weighted by molar-refractivity contribution is 6.03. The van der Waals surface area contributed by atoms with Gasteiger partial charge >= 0.3 is 0 Å². The summed E-state index contributed by atoms with van der Waals surface area (Å²) in [5.41, 5.74) is 13.1. The average molecular weight is 723 g/mol. The Labute approximate surface area is 326 Å². The van der Waals surface area contributed by atoms with Gasteiger partial charge in [0.1, 0.15) is 11.5 Å². The van der Waals surface area contributed by atoms with Gasteiger partial charge in [-0.2, -0.15) is 0 Å². The summed E-state index contributed by atoms with van der Waals surface area (Å²) in [6, 6.07) is 49.3. The Bertz CT molecular complexity index is 2820. The van der Waals surface area contributed by atoms with Crippen LogP contribution in [0.25, 0.3) is 50.8 Å². The van der Waals surface area contributed by atoms with Gasteiger partial charge in [0.2, 0.25) is 0 Å². The second-order valence-electron chi connectivity index (χ2n) is 15.0. The molecule has 4 aliphatic rings.